The first-order valence-corrected chi connectivity index (χ1v) is 4.68. The smallest absolute Gasteiger partial charge is 0.0250 e. The molecular formula is C9H13NS. The Balaban J connectivity index is 2.21. The fraction of sp³-hybridized carbons (Fsp3) is 0.556. The molecule has 1 N–H and O–H groups in total. The van der Waals surface area contributed by atoms with Crippen molar-refractivity contribution in [3.05, 3.63) is 18.0 Å². The highest BCUT2D eigenvalue weighted by Crippen LogP contribution is 2.36. The molecule has 1 aromatic rings. The van der Waals surface area contributed by atoms with Crippen molar-refractivity contribution in [2.75, 3.05) is 0 Å². The van der Waals surface area contributed by atoms with Crippen LogP contribution in [0.4, 0.5) is 0 Å². The Hall–Kier alpha value is -0.370. The summed E-state index contributed by atoms with van der Waals surface area (Å²) in [6.45, 7) is 0. The van der Waals surface area contributed by atoms with Crippen LogP contribution in [-0.2, 0) is 0 Å². The van der Waals surface area contributed by atoms with Gasteiger partial charge in [0.1, 0.15) is 0 Å². The first-order valence-electron chi connectivity index (χ1n) is 4.23. The van der Waals surface area contributed by atoms with Gasteiger partial charge in [0, 0.05) is 17.3 Å². The summed E-state index contributed by atoms with van der Waals surface area (Å²) in [7, 11) is 0. The molecule has 1 saturated carbocycles. The van der Waals surface area contributed by atoms with Crippen molar-refractivity contribution in [3.8, 4) is 0 Å². The maximum atomic E-state index is 4.39. The minimum Gasteiger partial charge on any atom is -0.366 e. The van der Waals surface area contributed by atoms with Gasteiger partial charge in [-0.1, -0.05) is 12.8 Å². The molecule has 0 spiro atoms. The zero-order valence-corrected chi connectivity index (χ0v) is 7.40. The van der Waals surface area contributed by atoms with E-state index in [9.17, 15) is 0 Å². The van der Waals surface area contributed by atoms with Crippen LogP contribution < -0.4 is 0 Å². The molecule has 0 unspecified atom stereocenters. The van der Waals surface area contributed by atoms with Gasteiger partial charge < -0.3 is 4.98 Å². The Bertz CT molecular complexity index is 235. The number of H-pyrrole nitrogens is 1. The number of nitrogens with one attached hydrogen (secondary N) is 1. The fourth-order valence-corrected chi connectivity index (χ4v) is 2.25. The number of aromatic amines is 1. The van der Waals surface area contributed by atoms with E-state index in [4.69, 9.17) is 0 Å². The normalized spacial score (nSPS) is 19.4. The highest BCUT2D eigenvalue weighted by Gasteiger charge is 2.18. The molecule has 11 heavy (non-hydrogen) atoms. The standard InChI is InChI=1S/C9H13NS/c11-9-6-10-5-8(9)7-3-1-2-4-7/h5-7,10-11H,1-4H2. The summed E-state index contributed by atoms with van der Waals surface area (Å²) in [5.41, 5.74) is 1.42. The van der Waals surface area contributed by atoms with E-state index in [2.05, 4.69) is 23.8 Å². The maximum absolute atomic E-state index is 4.39. The topological polar surface area (TPSA) is 15.8 Å². The van der Waals surface area contributed by atoms with Crippen molar-refractivity contribution < 1.29 is 0 Å². The molecule has 60 valence electrons. The number of aromatic nitrogens is 1. The average Bonchev–Trinajstić information content (AvgIpc) is 2.55. The van der Waals surface area contributed by atoms with Gasteiger partial charge in [-0.15, -0.1) is 12.6 Å². The summed E-state index contributed by atoms with van der Waals surface area (Å²) in [4.78, 5) is 4.23. The molecule has 2 rings (SSSR count). The molecule has 0 amide bonds. The molecule has 0 aromatic carbocycles. The van der Waals surface area contributed by atoms with Crippen LogP contribution in [0.1, 0.15) is 37.2 Å². The summed E-state index contributed by atoms with van der Waals surface area (Å²) in [5.74, 6) is 0.786. The van der Waals surface area contributed by atoms with Crippen LogP contribution in [0.15, 0.2) is 17.3 Å². The third-order valence-electron chi connectivity index (χ3n) is 2.55. The van der Waals surface area contributed by atoms with Gasteiger partial charge in [0.25, 0.3) is 0 Å². The minimum absolute atomic E-state index is 0.786. The summed E-state index contributed by atoms with van der Waals surface area (Å²) >= 11 is 4.39. The molecule has 1 aliphatic carbocycles. The molecule has 0 atom stereocenters. The lowest BCUT2D eigenvalue weighted by atomic mass is 10.0. The van der Waals surface area contributed by atoms with Crippen LogP contribution in [0.25, 0.3) is 0 Å². The van der Waals surface area contributed by atoms with Gasteiger partial charge in [0.05, 0.1) is 0 Å². The van der Waals surface area contributed by atoms with E-state index < -0.39 is 0 Å². The quantitative estimate of drug-likeness (QED) is 0.598. The third-order valence-corrected chi connectivity index (χ3v) is 2.94. The molecule has 1 fully saturated rings. The lowest BCUT2D eigenvalue weighted by Crippen LogP contribution is -1.89. The second-order valence-corrected chi connectivity index (χ2v) is 3.76. The van der Waals surface area contributed by atoms with E-state index in [-0.39, 0.29) is 0 Å². The molecule has 1 heterocycles. The molecule has 2 heteroatoms. The first kappa shape index (κ1) is 7.29. The monoisotopic (exact) mass is 167 g/mol. The molecule has 0 bridgehead atoms. The van der Waals surface area contributed by atoms with E-state index in [1.54, 1.807) is 0 Å². The predicted molar refractivity (Wildman–Crippen MR) is 49.3 cm³/mol. The van der Waals surface area contributed by atoms with E-state index in [1.807, 2.05) is 6.20 Å². The Morgan fingerprint density at radius 2 is 2.00 bits per heavy atom. The van der Waals surface area contributed by atoms with Crippen LogP contribution in [-0.4, -0.2) is 4.98 Å². The van der Waals surface area contributed by atoms with Crippen molar-refractivity contribution in [2.24, 2.45) is 0 Å². The fourth-order valence-electron chi connectivity index (χ4n) is 1.93. The van der Waals surface area contributed by atoms with Gasteiger partial charge in [-0.2, -0.15) is 0 Å². The van der Waals surface area contributed by atoms with Gasteiger partial charge >= 0.3 is 0 Å². The summed E-state index contributed by atoms with van der Waals surface area (Å²) < 4.78 is 0. The van der Waals surface area contributed by atoms with Crippen molar-refractivity contribution >= 4 is 12.6 Å². The van der Waals surface area contributed by atoms with Crippen LogP contribution in [0.3, 0.4) is 0 Å². The molecule has 0 aliphatic heterocycles. The molecule has 1 nitrogen and oxygen atoms in total. The maximum Gasteiger partial charge on any atom is 0.0250 e. The van der Waals surface area contributed by atoms with Gasteiger partial charge in [0.15, 0.2) is 0 Å². The zero-order chi connectivity index (χ0) is 7.68. The largest absolute Gasteiger partial charge is 0.366 e. The summed E-state index contributed by atoms with van der Waals surface area (Å²) in [6, 6.07) is 0. The second-order valence-electron chi connectivity index (χ2n) is 3.28. The minimum atomic E-state index is 0.786. The Morgan fingerprint density at radius 3 is 2.55 bits per heavy atom. The van der Waals surface area contributed by atoms with Crippen LogP contribution >= 0.6 is 12.6 Å². The number of thiol groups is 1. The first-order chi connectivity index (χ1) is 5.38. The van der Waals surface area contributed by atoms with E-state index >= 15 is 0 Å². The lowest BCUT2D eigenvalue weighted by Gasteiger charge is -2.06. The molecule has 1 aliphatic rings. The van der Waals surface area contributed by atoms with Gasteiger partial charge in [-0.25, -0.2) is 0 Å². The van der Waals surface area contributed by atoms with Crippen molar-refractivity contribution in [1.29, 1.82) is 0 Å². The zero-order valence-electron chi connectivity index (χ0n) is 6.51. The van der Waals surface area contributed by atoms with Crippen molar-refractivity contribution in [1.82, 2.24) is 4.98 Å². The Kier molecular flexibility index (Phi) is 1.95. The summed E-state index contributed by atoms with van der Waals surface area (Å²) in [5, 5.41) is 0. The van der Waals surface area contributed by atoms with E-state index in [0.717, 1.165) is 10.8 Å². The third kappa shape index (κ3) is 1.32. The highest BCUT2D eigenvalue weighted by molar-refractivity contribution is 7.80. The van der Waals surface area contributed by atoms with Crippen LogP contribution in [0.2, 0.25) is 0 Å². The van der Waals surface area contributed by atoms with E-state index in [1.165, 1.54) is 31.2 Å². The van der Waals surface area contributed by atoms with Gasteiger partial charge in [-0.05, 0) is 24.3 Å². The number of rotatable bonds is 1. The van der Waals surface area contributed by atoms with Crippen LogP contribution in [0, 0.1) is 0 Å². The predicted octanol–water partition coefficient (Wildman–Crippen LogP) is 2.96. The number of hydrogen-bond acceptors (Lipinski definition) is 1. The Labute approximate surface area is 72.6 Å². The van der Waals surface area contributed by atoms with Gasteiger partial charge in [-0.3, -0.25) is 0 Å². The van der Waals surface area contributed by atoms with Crippen LogP contribution in [0.5, 0.6) is 0 Å². The summed E-state index contributed by atoms with van der Waals surface area (Å²) in [6.07, 6.45) is 9.55. The molecule has 0 saturated heterocycles. The van der Waals surface area contributed by atoms with Crippen molar-refractivity contribution in [2.45, 2.75) is 36.5 Å². The molecule has 0 radical (unpaired) electrons. The SMILES string of the molecule is Sc1c[nH]cc1C1CCCC1. The lowest BCUT2D eigenvalue weighted by molar-refractivity contribution is 0.712. The Morgan fingerprint density at radius 1 is 1.27 bits per heavy atom. The van der Waals surface area contributed by atoms with E-state index in [0.29, 0.717) is 0 Å². The molecule has 1 aromatic heterocycles. The second kappa shape index (κ2) is 2.94. The highest BCUT2D eigenvalue weighted by atomic mass is 32.1. The van der Waals surface area contributed by atoms with Gasteiger partial charge in [0.2, 0.25) is 0 Å². The van der Waals surface area contributed by atoms with Crippen molar-refractivity contribution in [3.63, 3.8) is 0 Å². The molecular weight excluding hydrogens is 154 g/mol. The average molecular weight is 167 g/mol. The number of hydrogen-bond donors (Lipinski definition) is 2.